The van der Waals surface area contributed by atoms with Crippen molar-refractivity contribution in [3.8, 4) is 5.75 Å². The number of hydrogen-bond acceptors (Lipinski definition) is 4. The van der Waals surface area contributed by atoms with E-state index < -0.39 is 0 Å². The van der Waals surface area contributed by atoms with Crippen LogP contribution in [0, 0.1) is 13.8 Å². The summed E-state index contributed by atoms with van der Waals surface area (Å²) >= 11 is 1.70. The van der Waals surface area contributed by atoms with Gasteiger partial charge in [0.2, 0.25) is 0 Å². The number of hydrogen-bond donors (Lipinski definition) is 2. The smallest absolute Gasteiger partial charge is 0.191 e. The number of aliphatic imine (C=N–C) groups is 1. The molecule has 1 aromatic carbocycles. The molecule has 0 aliphatic carbocycles. The number of rotatable bonds is 8. The van der Waals surface area contributed by atoms with E-state index in [-0.39, 0.29) is 24.0 Å². The van der Waals surface area contributed by atoms with Gasteiger partial charge in [-0.3, -0.25) is 4.99 Å². The summed E-state index contributed by atoms with van der Waals surface area (Å²) in [5.74, 6) is 1.74. The SMILES string of the molecule is CN=C(NCCCCOc1ccc(C)cc1)NCc1ncc(C)s1.I. The first kappa shape index (κ1) is 21.7. The fraction of sp³-hybridized carbons (Fsp3) is 0.444. The Morgan fingerprint density at radius 3 is 2.56 bits per heavy atom. The lowest BCUT2D eigenvalue weighted by Gasteiger charge is -2.11. The second kappa shape index (κ2) is 12.1. The predicted octanol–water partition coefficient (Wildman–Crippen LogP) is 3.90. The first-order valence-electron chi connectivity index (χ1n) is 8.22. The van der Waals surface area contributed by atoms with Crippen LogP contribution in [0.25, 0.3) is 0 Å². The van der Waals surface area contributed by atoms with Crippen LogP contribution >= 0.6 is 35.3 Å². The van der Waals surface area contributed by atoms with E-state index in [0.717, 1.165) is 42.7 Å². The molecule has 138 valence electrons. The number of guanidine groups is 1. The first-order chi connectivity index (χ1) is 11.7. The zero-order valence-corrected chi connectivity index (χ0v) is 18.2. The molecule has 2 aromatic rings. The van der Waals surface area contributed by atoms with E-state index in [1.54, 1.807) is 18.4 Å². The lowest BCUT2D eigenvalue weighted by atomic mass is 10.2. The van der Waals surface area contributed by atoms with Gasteiger partial charge in [0, 0.05) is 24.7 Å². The molecule has 1 heterocycles. The quantitative estimate of drug-likeness (QED) is 0.264. The number of nitrogens with zero attached hydrogens (tertiary/aromatic N) is 2. The molecule has 0 unspecified atom stereocenters. The average Bonchev–Trinajstić information content (AvgIpc) is 3.00. The van der Waals surface area contributed by atoms with Crippen LogP contribution in [0.15, 0.2) is 35.5 Å². The number of benzene rings is 1. The van der Waals surface area contributed by atoms with Gasteiger partial charge in [-0.05, 0) is 38.8 Å². The van der Waals surface area contributed by atoms with Crippen LogP contribution in [0.2, 0.25) is 0 Å². The van der Waals surface area contributed by atoms with Crippen molar-refractivity contribution >= 4 is 41.3 Å². The van der Waals surface area contributed by atoms with E-state index in [1.807, 2.05) is 18.3 Å². The highest BCUT2D eigenvalue weighted by Gasteiger charge is 2.01. The van der Waals surface area contributed by atoms with Crippen LogP contribution in [-0.4, -0.2) is 31.1 Å². The van der Waals surface area contributed by atoms with E-state index in [4.69, 9.17) is 4.74 Å². The van der Waals surface area contributed by atoms with Crippen LogP contribution < -0.4 is 15.4 Å². The maximum absolute atomic E-state index is 5.72. The molecule has 5 nitrogen and oxygen atoms in total. The Hall–Kier alpha value is -1.35. The highest BCUT2D eigenvalue weighted by Crippen LogP contribution is 2.12. The topological polar surface area (TPSA) is 58.5 Å². The van der Waals surface area contributed by atoms with Gasteiger partial charge >= 0.3 is 0 Å². The van der Waals surface area contributed by atoms with Gasteiger partial charge in [-0.15, -0.1) is 35.3 Å². The third-order valence-electron chi connectivity index (χ3n) is 3.45. The van der Waals surface area contributed by atoms with Gasteiger partial charge in [0.05, 0.1) is 13.2 Å². The van der Waals surface area contributed by atoms with Crippen molar-refractivity contribution in [2.45, 2.75) is 33.2 Å². The number of aromatic nitrogens is 1. The molecule has 25 heavy (non-hydrogen) atoms. The Kier molecular flexibility index (Phi) is 10.5. The van der Waals surface area contributed by atoms with Crippen LogP contribution in [0.5, 0.6) is 5.75 Å². The predicted molar refractivity (Wildman–Crippen MR) is 116 cm³/mol. The molecular weight excluding hydrogens is 447 g/mol. The number of unbranched alkanes of at least 4 members (excludes halogenated alkanes) is 1. The number of ether oxygens (including phenoxy) is 1. The molecule has 7 heteroatoms. The number of thiazole rings is 1. The lowest BCUT2D eigenvalue weighted by molar-refractivity contribution is 0.307. The second-order valence-electron chi connectivity index (χ2n) is 5.59. The summed E-state index contributed by atoms with van der Waals surface area (Å²) < 4.78 is 5.72. The van der Waals surface area contributed by atoms with Crippen molar-refractivity contribution in [3.63, 3.8) is 0 Å². The van der Waals surface area contributed by atoms with E-state index >= 15 is 0 Å². The molecule has 0 saturated carbocycles. The molecule has 2 N–H and O–H groups in total. The van der Waals surface area contributed by atoms with Gasteiger partial charge in [-0.1, -0.05) is 17.7 Å². The molecule has 0 aliphatic heterocycles. The molecule has 0 aliphatic rings. The molecule has 0 atom stereocenters. The number of nitrogens with one attached hydrogen (secondary N) is 2. The highest BCUT2D eigenvalue weighted by atomic mass is 127. The van der Waals surface area contributed by atoms with Gasteiger partial charge in [-0.2, -0.15) is 0 Å². The van der Waals surface area contributed by atoms with Gasteiger partial charge in [0.25, 0.3) is 0 Å². The fourth-order valence-electron chi connectivity index (χ4n) is 2.12. The molecule has 0 bridgehead atoms. The van der Waals surface area contributed by atoms with E-state index in [1.165, 1.54) is 10.4 Å². The molecule has 0 spiro atoms. The Labute approximate surface area is 171 Å². The van der Waals surface area contributed by atoms with Crippen LogP contribution in [-0.2, 0) is 6.54 Å². The zero-order valence-electron chi connectivity index (χ0n) is 15.0. The van der Waals surface area contributed by atoms with Gasteiger partial charge in [-0.25, -0.2) is 4.98 Å². The van der Waals surface area contributed by atoms with Crippen molar-refractivity contribution in [2.24, 2.45) is 4.99 Å². The van der Waals surface area contributed by atoms with Crippen molar-refractivity contribution in [2.75, 3.05) is 20.2 Å². The Bertz CT molecular complexity index is 643. The van der Waals surface area contributed by atoms with Gasteiger partial charge < -0.3 is 15.4 Å². The van der Waals surface area contributed by atoms with Gasteiger partial charge in [0.15, 0.2) is 5.96 Å². The largest absolute Gasteiger partial charge is 0.494 e. The summed E-state index contributed by atoms with van der Waals surface area (Å²) in [6.45, 7) is 6.44. The maximum Gasteiger partial charge on any atom is 0.191 e. The van der Waals surface area contributed by atoms with E-state index in [0.29, 0.717) is 6.54 Å². The van der Waals surface area contributed by atoms with Crippen molar-refractivity contribution in [1.29, 1.82) is 0 Å². The summed E-state index contributed by atoms with van der Waals surface area (Å²) in [7, 11) is 1.78. The summed E-state index contributed by atoms with van der Waals surface area (Å²) in [5, 5.41) is 7.66. The lowest BCUT2D eigenvalue weighted by Crippen LogP contribution is -2.37. The van der Waals surface area contributed by atoms with Crippen LogP contribution in [0.4, 0.5) is 0 Å². The molecule has 0 saturated heterocycles. The molecular formula is C18H27IN4OS. The molecule has 0 radical (unpaired) electrons. The monoisotopic (exact) mass is 474 g/mol. The van der Waals surface area contributed by atoms with E-state index in [9.17, 15) is 0 Å². The standard InChI is InChI=1S/C18H26N4OS.HI/c1-14-6-8-16(9-7-14)23-11-5-4-10-20-18(19-3)22-13-17-21-12-15(2)24-17;/h6-9,12H,4-5,10-11,13H2,1-3H3,(H2,19,20,22);1H. The molecule has 0 amide bonds. The van der Waals surface area contributed by atoms with Crippen molar-refractivity contribution < 1.29 is 4.74 Å². The Morgan fingerprint density at radius 1 is 1.16 bits per heavy atom. The Morgan fingerprint density at radius 2 is 1.92 bits per heavy atom. The van der Waals surface area contributed by atoms with Crippen LogP contribution in [0.3, 0.4) is 0 Å². The number of aryl methyl sites for hydroxylation is 2. The summed E-state index contributed by atoms with van der Waals surface area (Å²) in [6, 6.07) is 8.16. The summed E-state index contributed by atoms with van der Waals surface area (Å²) in [5.41, 5.74) is 1.25. The summed E-state index contributed by atoms with van der Waals surface area (Å²) in [6.07, 6.45) is 3.93. The minimum absolute atomic E-state index is 0. The fourth-order valence-corrected chi connectivity index (χ4v) is 2.85. The average molecular weight is 474 g/mol. The van der Waals surface area contributed by atoms with Gasteiger partial charge in [0.1, 0.15) is 10.8 Å². The minimum atomic E-state index is 0. The highest BCUT2D eigenvalue weighted by molar-refractivity contribution is 14.0. The molecule has 1 aromatic heterocycles. The second-order valence-corrected chi connectivity index (χ2v) is 6.91. The van der Waals surface area contributed by atoms with E-state index in [2.05, 4.69) is 46.6 Å². The van der Waals surface area contributed by atoms with Crippen molar-refractivity contribution in [1.82, 2.24) is 15.6 Å². The normalized spacial score (nSPS) is 10.9. The first-order valence-corrected chi connectivity index (χ1v) is 9.04. The maximum atomic E-state index is 5.72. The number of halogens is 1. The zero-order chi connectivity index (χ0) is 17.2. The third-order valence-corrected chi connectivity index (χ3v) is 4.37. The molecule has 2 rings (SSSR count). The van der Waals surface area contributed by atoms with Crippen molar-refractivity contribution in [3.05, 3.63) is 45.9 Å². The minimum Gasteiger partial charge on any atom is -0.494 e. The Balaban J connectivity index is 0.00000312. The summed E-state index contributed by atoms with van der Waals surface area (Å²) in [4.78, 5) is 9.78. The van der Waals surface area contributed by atoms with Crippen LogP contribution in [0.1, 0.15) is 28.3 Å². The molecule has 0 fully saturated rings. The third kappa shape index (κ3) is 8.53.